The maximum atomic E-state index is 13.5. The van der Waals surface area contributed by atoms with Crippen LogP contribution in [-0.4, -0.2) is 41.6 Å². The summed E-state index contributed by atoms with van der Waals surface area (Å²) in [7, 11) is 0. The monoisotopic (exact) mass is 350 g/mol. The predicted octanol–water partition coefficient (Wildman–Crippen LogP) is 3.57. The highest BCUT2D eigenvalue weighted by molar-refractivity contribution is 5.92. The van der Waals surface area contributed by atoms with Crippen LogP contribution in [0.25, 0.3) is 10.9 Å². The molecule has 1 saturated heterocycles. The van der Waals surface area contributed by atoms with Crippen LogP contribution in [0.5, 0.6) is 0 Å². The summed E-state index contributed by atoms with van der Waals surface area (Å²) in [5.41, 5.74) is 4.39. The number of piperidine rings is 1. The normalized spacial score (nSPS) is 32.1. The number of aromatic nitrogens is 1. The average Bonchev–Trinajstić information content (AvgIpc) is 3.00. The molecule has 6 rings (SSSR count). The number of para-hydroxylation sites is 1. The zero-order valence-electron chi connectivity index (χ0n) is 15.5. The number of benzene rings is 1. The van der Waals surface area contributed by atoms with Crippen molar-refractivity contribution < 1.29 is 9.53 Å². The SMILES string of the molecule is CCOC(=O)C12CC3C=C(CC)C1N(CCc1c2[nH]c2ccccc12)C3. The molecule has 3 aliphatic heterocycles. The van der Waals surface area contributed by atoms with Crippen LogP contribution in [0, 0.1) is 5.92 Å². The van der Waals surface area contributed by atoms with Crippen molar-refractivity contribution >= 4 is 16.9 Å². The molecule has 1 fully saturated rings. The number of carbonyl (C=O) groups excluding carboxylic acids is 1. The maximum absolute atomic E-state index is 13.5. The smallest absolute Gasteiger partial charge is 0.320 e. The highest BCUT2D eigenvalue weighted by Crippen LogP contribution is 2.53. The van der Waals surface area contributed by atoms with Crippen molar-refractivity contribution in [3.8, 4) is 0 Å². The van der Waals surface area contributed by atoms with Gasteiger partial charge in [-0.3, -0.25) is 9.69 Å². The first-order valence-electron chi connectivity index (χ1n) is 9.91. The number of nitrogens with zero attached hydrogens (tertiary/aromatic N) is 1. The molecule has 1 aromatic carbocycles. The first kappa shape index (κ1) is 16.1. The number of rotatable bonds is 3. The third-order valence-electron chi connectivity index (χ3n) is 6.64. The van der Waals surface area contributed by atoms with Crippen LogP contribution in [0.4, 0.5) is 0 Å². The quantitative estimate of drug-likeness (QED) is 0.680. The van der Waals surface area contributed by atoms with Crippen LogP contribution in [-0.2, 0) is 21.4 Å². The van der Waals surface area contributed by atoms with Crippen LogP contribution < -0.4 is 0 Å². The summed E-state index contributed by atoms with van der Waals surface area (Å²) >= 11 is 0. The minimum Gasteiger partial charge on any atom is -0.465 e. The Hall–Kier alpha value is -2.07. The van der Waals surface area contributed by atoms with Gasteiger partial charge in [-0.1, -0.05) is 36.8 Å². The molecule has 4 bridgehead atoms. The molecular formula is C22H26N2O2. The lowest BCUT2D eigenvalue weighted by Crippen LogP contribution is -2.63. The first-order valence-corrected chi connectivity index (χ1v) is 9.91. The molecule has 4 heteroatoms. The van der Waals surface area contributed by atoms with E-state index in [-0.39, 0.29) is 12.0 Å². The summed E-state index contributed by atoms with van der Waals surface area (Å²) < 4.78 is 5.70. The van der Waals surface area contributed by atoms with E-state index in [1.165, 1.54) is 16.5 Å². The van der Waals surface area contributed by atoms with Gasteiger partial charge in [0.1, 0.15) is 5.41 Å². The molecule has 1 N–H and O–H groups in total. The minimum absolute atomic E-state index is 0.0477. The van der Waals surface area contributed by atoms with Crippen molar-refractivity contribution in [2.24, 2.45) is 5.92 Å². The summed E-state index contributed by atoms with van der Waals surface area (Å²) in [5, 5.41) is 1.26. The number of esters is 1. The summed E-state index contributed by atoms with van der Waals surface area (Å²) in [6, 6.07) is 8.59. The Morgan fingerprint density at radius 2 is 2.19 bits per heavy atom. The third kappa shape index (κ3) is 1.96. The second-order valence-corrected chi connectivity index (χ2v) is 7.92. The van der Waals surface area contributed by atoms with Crippen LogP contribution in [0.1, 0.15) is 37.9 Å². The van der Waals surface area contributed by atoms with E-state index >= 15 is 0 Å². The van der Waals surface area contributed by atoms with E-state index < -0.39 is 5.41 Å². The largest absolute Gasteiger partial charge is 0.465 e. The van der Waals surface area contributed by atoms with Crippen molar-refractivity contribution in [3.63, 3.8) is 0 Å². The molecule has 0 radical (unpaired) electrons. The Kier molecular flexibility index (Phi) is 3.54. The van der Waals surface area contributed by atoms with Gasteiger partial charge < -0.3 is 9.72 Å². The van der Waals surface area contributed by atoms with E-state index in [1.54, 1.807) is 0 Å². The summed E-state index contributed by atoms with van der Waals surface area (Å²) in [6.45, 7) is 6.63. The van der Waals surface area contributed by atoms with Gasteiger partial charge >= 0.3 is 5.97 Å². The summed E-state index contributed by atoms with van der Waals surface area (Å²) in [6.07, 6.45) is 5.28. The molecular weight excluding hydrogens is 324 g/mol. The Balaban J connectivity index is 1.80. The van der Waals surface area contributed by atoms with Crippen molar-refractivity contribution in [1.82, 2.24) is 9.88 Å². The van der Waals surface area contributed by atoms with Gasteiger partial charge in [-0.15, -0.1) is 0 Å². The van der Waals surface area contributed by atoms with Gasteiger partial charge in [-0.05, 0) is 43.7 Å². The zero-order valence-corrected chi connectivity index (χ0v) is 15.5. The van der Waals surface area contributed by atoms with Crippen LogP contribution in [0.2, 0.25) is 0 Å². The Labute approximate surface area is 154 Å². The second-order valence-electron chi connectivity index (χ2n) is 7.92. The van der Waals surface area contributed by atoms with E-state index in [1.807, 2.05) is 6.92 Å². The summed E-state index contributed by atoms with van der Waals surface area (Å²) in [5.74, 6) is 0.380. The molecule has 4 heterocycles. The van der Waals surface area contributed by atoms with Gasteiger partial charge in [-0.25, -0.2) is 0 Å². The van der Waals surface area contributed by atoms with Gasteiger partial charge in [-0.2, -0.15) is 0 Å². The lowest BCUT2D eigenvalue weighted by Gasteiger charge is -2.53. The van der Waals surface area contributed by atoms with E-state index in [4.69, 9.17) is 4.74 Å². The van der Waals surface area contributed by atoms with Crippen molar-refractivity contribution in [2.45, 2.75) is 44.6 Å². The Bertz CT molecular complexity index is 912. The summed E-state index contributed by atoms with van der Waals surface area (Å²) in [4.78, 5) is 19.7. The average molecular weight is 350 g/mol. The lowest BCUT2D eigenvalue weighted by atomic mass is 9.60. The molecule has 0 saturated carbocycles. The van der Waals surface area contributed by atoms with Gasteiger partial charge in [0.2, 0.25) is 0 Å². The number of hydrogen-bond acceptors (Lipinski definition) is 3. The molecule has 4 unspecified atom stereocenters. The van der Waals surface area contributed by atoms with Crippen LogP contribution >= 0.6 is 0 Å². The number of fused-ring (bicyclic) bond motifs is 3. The Morgan fingerprint density at radius 1 is 1.35 bits per heavy atom. The number of ether oxygens (including phenoxy) is 1. The molecule has 1 aliphatic carbocycles. The van der Waals surface area contributed by atoms with E-state index in [0.29, 0.717) is 12.5 Å². The molecule has 0 spiro atoms. The topological polar surface area (TPSA) is 45.3 Å². The molecule has 1 aromatic heterocycles. The lowest BCUT2D eigenvalue weighted by molar-refractivity contribution is -0.156. The predicted molar refractivity (Wildman–Crippen MR) is 102 cm³/mol. The standard InChI is InChI=1S/C22H26N2O2/c1-3-15-11-14-12-22(21(25)26-4-2)19-17(9-10-24(13-14)20(15)22)16-7-5-6-8-18(16)23-19/h5-8,11,14,20,23H,3-4,9-10,12-13H2,1-2H3. The highest BCUT2D eigenvalue weighted by Gasteiger charge is 2.60. The van der Waals surface area contributed by atoms with E-state index in [2.05, 4.69) is 47.1 Å². The second kappa shape index (κ2) is 5.71. The molecule has 4 atom stereocenters. The number of H-pyrrole nitrogens is 1. The highest BCUT2D eigenvalue weighted by atomic mass is 16.5. The van der Waals surface area contributed by atoms with Gasteiger partial charge in [0, 0.05) is 29.7 Å². The molecule has 4 nitrogen and oxygen atoms in total. The number of carbonyl (C=O) groups is 1. The number of nitrogens with one attached hydrogen (secondary N) is 1. The van der Waals surface area contributed by atoms with Crippen molar-refractivity contribution in [1.29, 1.82) is 0 Å². The minimum atomic E-state index is -0.593. The third-order valence-corrected chi connectivity index (χ3v) is 6.64. The van der Waals surface area contributed by atoms with Crippen LogP contribution in [0.15, 0.2) is 35.9 Å². The van der Waals surface area contributed by atoms with E-state index in [0.717, 1.165) is 43.6 Å². The first-order chi connectivity index (χ1) is 12.7. The van der Waals surface area contributed by atoms with Crippen molar-refractivity contribution in [2.75, 3.05) is 19.7 Å². The fraction of sp³-hybridized carbons (Fsp3) is 0.500. The van der Waals surface area contributed by atoms with Crippen LogP contribution in [0.3, 0.4) is 0 Å². The van der Waals surface area contributed by atoms with Crippen molar-refractivity contribution in [3.05, 3.63) is 47.2 Å². The Morgan fingerprint density at radius 3 is 3.00 bits per heavy atom. The van der Waals surface area contributed by atoms with Gasteiger partial charge in [0.25, 0.3) is 0 Å². The molecule has 136 valence electrons. The van der Waals surface area contributed by atoms with Gasteiger partial charge in [0.05, 0.1) is 12.6 Å². The number of aromatic amines is 1. The molecule has 4 aliphatic rings. The van der Waals surface area contributed by atoms with E-state index in [9.17, 15) is 4.79 Å². The van der Waals surface area contributed by atoms with Gasteiger partial charge in [0.15, 0.2) is 0 Å². The molecule has 2 aromatic rings. The fourth-order valence-electron chi connectivity index (χ4n) is 5.79. The fourth-order valence-corrected chi connectivity index (χ4v) is 5.79. The zero-order chi connectivity index (χ0) is 17.9. The molecule has 26 heavy (non-hydrogen) atoms. The maximum Gasteiger partial charge on any atom is 0.320 e. The number of hydrogen-bond donors (Lipinski definition) is 1. The molecule has 0 amide bonds.